The van der Waals surface area contributed by atoms with Crippen LogP contribution in [0.3, 0.4) is 0 Å². The second-order valence-electron chi connectivity index (χ2n) is 9.98. The molecule has 0 spiro atoms. The predicted octanol–water partition coefficient (Wildman–Crippen LogP) is 5.67. The number of anilines is 1. The van der Waals surface area contributed by atoms with Crippen molar-refractivity contribution >= 4 is 11.6 Å². The maximum absolute atomic E-state index is 13.2. The van der Waals surface area contributed by atoms with Crippen LogP contribution in [0, 0.1) is 11.2 Å². The highest BCUT2D eigenvalue weighted by atomic mass is 19.1. The zero-order valence-electron chi connectivity index (χ0n) is 20.5. The number of carbonyl (C=O) groups excluding carboxylic acids is 1. The van der Waals surface area contributed by atoms with Gasteiger partial charge in [-0.1, -0.05) is 37.3 Å². The smallest absolute Gasteiger partial charge is 0.223 e. The summed E-state index contributed by atoms with van der Waals surface area (Å²) in [6.45, 7) is 4.50. The third-order valence-corrected chi connectivity index (χ3v) is 7.42. The molecule has 5 nitrogen and oxygen atoms in total. The molecule has 0 N–H and O–H groups in total. The van der Waals surface area contributed by atoms with Crippen molar-refractivity contribution in [3.63, 3.8) is 0 Å². The van der Waals surface area contributed by atoms with Gasteiger partial charge < -0.3 is 4.90 Å². The first-order valence-corrected chi connectivity index (χ1v) is 11.8. The van der Waals surface area contributed by atoms with Crippen molar-refractivity contribution in [3.05, 3.63) is 78.4 Å². The molecule has 0 atom stereocenters. The number of carbonyl (C=O) groups is 1. The summed E-state index contributed by atoms with van der Waals surface area (Å²) in [5.74, 6) is 0.191. The van der Waals surface area contributed by atoms with Crippen LogP contribution in [0.1, 0.15) is 45.1 Å². The lowest BCUT2D eigenvalue weighted by Crippen LogP contribution is -2.49. The van der Waals surface area contributed by atoms with Gasteiger partial charge >= 0.3 is 0 Å². The minimum atomic E-state index is -0.297. The van der Waals surface area contributed by atoms with E-state index in [1.54, 1.807) is 36.4 Å². The van der Waals surface area contributed by atoms with Crippen LogP contribution in [-0.2, 0) is 10.3 Å². The van der Waals surface area contributed by atoms with Gasteiger partial charge in [-0.2, -0.15) is 0 Å². The topological polar surface area (TPSA) is 49.3 Å². The molecule has 1 aliphatic rings. The number of halogens is 1. The van der Waals surface area contributed by atoms with E-state index in [-0.39, 0.29) is 22.7 Å². The monoisotopic (exact) mass is 460 g/mol. The zero-order valence-corrected chi connectivity index (χ0v) is 20.5. The quantitative estimate of drug-likeness (QED) is 0.475. The molecule has 0 bridgehead atoms. The van der Waals surface area contributed by atoms with Gasteiger partial charge in [0, 0.05) is 24.6 Å². The van der Waals surface area contributed by atoms with Crippen molar-refractivity contribution in [2.24, 2.45) is 5.41 Å². The van der Waals surface area contributed by atoms with Crippen LogP contribution >= 0.6 is 0 Å². The first-order valence-electron chi connectivity index (χ1n) is 11.8. The van der Waals surface area contributed by atoms with Crippen molar-refractivity contribution in [2.75, 3.05) is 25.5 Å². The third kappa shape index (κ3) is 4.87. The Balaban J connectivity index is 1.51. The summed E-state index contributed by atoms with van der Waals surface area (Å²) >= 11 is 0. The molecule has 1 amide bonds. The molecule has 0 radical (unpaired) electrons. The highest BCUT2D eigenvalue weighted by Crippen LogP contribution is 2.48. The number of amides is 1. The van der Waals surface area contributed by atoms with Crippen molar-refractivity contribution in [1.82, 2.24) is 14.9 Å². The minimum absolute atomic E-state index is 0.00438. The second-order valence-corrected chi connectivity index (χ2v) is 9.98. The number of benzene rings is 2. The molecule has 1 fully saturated rings. The summed E-state index contributed by atoms with van der Waals surface area (Å²) in [5, 5.41) is 0. The molecule has 178 valence electrons. The van der Waals surface area contributed by atoms with E-state index in [1.165, 1.54) is 17.7 Å². The van der Waals surface area contributed by atoms with Crippen LogP contribution in [0.4, 0.5) is 10.1 Å². The van der Waals surface area contributed by atoms with Gasteiger partial charge in [0.15, 0.2) is 5.82 Å². The molecule has 6 heteroatoms. The molecule has 34 heavy (non-hydrogen) atoms. The third-order valence-electron chi connectivity index (χ3n) is 7.42. The molecule has 1 aromatic heterocycles. The van der Waals surface area contributed by atoms with Gasteiger partial charge in [-0.05, 0) is 75.0 Å². The Morgan fingerprint density at radius 2 is 1.53 bits per heavy atom. The van der Waals surface area contributed by atoms with Gasteiger partial charge in [0.1, 0.15) is 5.82 Å². The van der Waals surface area contributed by atoms with Gasteiger partial charge in [-0.25, -0.2) is 14.4 Å². The zero-order chi connectivity index (χ0) is 24.3. The minimum Gasteiger partial charge on any atom is -0.309 e. The molecule has 0 aliphatic heterocycles. The van der Waals surface area contributed by atoms with Crippen molar-refractivity contribution in [2.45, 2.75) is 45.1 Å². The first-order chi connectivity index (χ1) is 16.2. The van der Waals surface area contributed by atoms with Gasteiger partial charge in [0.2, 0.25) is 5.91 Å². The fourth-order valence-electron chi connectivity index (χ4n) is 5.14. The summed E-state index contributed by atoms with van der Waals surface area (Å²) < 4.78 is 13.2. The van der Waals surface area contributed by atoms with Crippen LogP contribution in [0.25, 0.3) is 11.4 Å². The number of hydrogen-bond acceptors (Lipinski definition) is 4. The van der Waals surface area contributed by atoms with E-state index in [2.05, 4.69) is 66.2 Å². The fraction of sp³-hybridized carbons (Fsp3) is 0.393. The Hall–Kier alpha value is -3.12. The van der Waals surface area contributed by atoms with E-state index in [9.17, 15) is 9.18 Å². The van der Waals surface area contributed by atoms with Crippen LogP contribution < -0.4 is 4.90 Å². The molecular weight excluding hydrogens is 427 g/mol. The normalized spacial score (nSPS) is 22.5. The Morgan fingerprint density at radius 1 is 0.941 bits per heavy atom. The molecule has 1 heterocycles. The van der Waals surface area contributed by atoms with Crippen LogP contribution in [0.15, 0.2) is 67.0 Å². The Kier molecular flexibility index (Phi) is 6.80. The van der Waals surface area contributed by atoms with Crippen molar-refractivity contribution in [3.8, 4) is 11.4 Å². The molecule has 4 rings (SSSR count). The van der Waals surface area contributed by atoms with E-state index in [0.717, 1.165) is 31.2 Å². The SMILES string of the molecule is CC(=O)N(CC1(C)CCC(c2ccccc2)(N(C)C)CC1)c1cnc(-c2ccc(F)cc2)nc1. The molecule has 1 aliphatic carbocycles. The average molecular weight is 461 g/mol. The second kappa shape index (κ2) is 9.63. The Bertz CT molecular complexity index is 1110. The maximum Gasteiger partial charge on any atom is 0.223 e. The molecule has 2 aromatic carbocycles. The molecule has 1 saturated carbocycles. The van der Waals surface area contributed by atoms with Crippen LogP contribution in [0.2, 0.25) is 0 Å². The Morgan fingerprint density at radius 3 is 2.06 bits per heavy atom. The Labute approximate surface area is 201 Å². The summed E-state index contributed by atoms with van der Waals surface area (Å²) in [6.07, 6.45) is 7.47. The van der Waals surface area contributed by atoms with Gasteiger partial charge in [-0.3, -0.25) is 9.69 Å². The van der Waals surface area contributed by atoms with Crippen LogP contribution in [0.5, 0.6) is 0 Å². The lowest BCUT2D eigenvalue weighted by molar-refractivity contribution is -0.117. The summed E-state index contributed by atoms with van der Waals surface area (Å²) in [7, 11) is 4.33. The highest BCUT2D eigenvalue weighted by Gasteiger charge is 2.43. The van der Waals surface area contributed by atoms with Crippen LogP contribution in [-0.4, -0.2) is 41.4 Å². The fourth-order valence-corrected chi connectivity index (χ4v) is 5.14. The molecule has 3 aromatic rings. The highest BCUT2D eigenvalue weighted by molar-refractivity contribution is 5.91. The van der Waals surface area contributed by atoms with Gasteiger partial charge in [0.05, 0.1) is 18.1 Å². The van der Waals surface area contributed by atoms with E-state index < -0.39 is 0 Å². The van der Waals surface area contributed by atoms with E-state index in [1.807, 2.05) is 0 Å². The standard InChI is InChI=1S/C28H33FN4O/c1-21(34)33(25-18-30-26(31-19-25)22-10-12-24(29)13-11-22)20-27(2)14-16-28(17-15-27,32(3)4)23-8-6-5-7-9-23/h5-13,18-19H,14-17,20H2,1-4H3. The number of aromatic nitrogens is 2. The van der Waals surface area contributed by atoms with Gasteiger partial charge in [-0.15, -0.1) is 0 Å². The van der Waals surface area contributed by atoms with E-state index >= 15 is 0 Å². The summed E-state index contributed by atoms with van der Waals surface area (Å²) in [4.78, 5) is 25.7. The van der Waals surface area contributed by atoms with Crippen molar-refractivity contribution in [1.29, 1.82) is 0 Å². The maximum atomic E-state index is 13.2. The summed E-state index contributed by atoms with van der Waals surface area (Å²) in [6, 6.07) is 16.8. The largest absolute Gasteiger partial charge is 0.309 e. The molecule has 0 unspecified atom stereocenters. The predicted molar refractivity (Wildman–Crippen MR) is 134 cm³/mol. The average Bonchev–Trinajstić information content (AvgIpc) is 2.84. The molecular formula is C28H33FN4O. The lowest BCUT2D eigenvalue weighted by atomic mass is 9.65. The summed E-state index contributed by atoms with van der Waals surface area (Å²) in [5.41, 5.74) is 2.79. The van der Waals surface area contributed by atoms with E-state index in [0.29, 0.717) is 18.1 Å². The van der Waals surface area contributed by atoms with Gasteiger partial charge in [0.25, 0.3) is 0 Å². The molecule has 0 saturated heterocycles. The number of hydrogen-bond donors (Lipinski definition) is 0. The van der Waals surface area contributed by atoms with E-state index in [4.69, 9.17) is 0 Å². The first kappa shape index (κ1) is 24.0. The lowest BCUT2D eigenvalue weighted by Gasteiger charge is -2.50. The van der Waals surface area contributed by atoms with Crippen molar-refractivity contribution < 1.29 is 9.18 Å². The number of nitrogens with zero attached hydrogens (tertiary/aromatic N) is 4. The number of rotatable bonds is 6.